The van der Waals surface area contributed by atoms with Crippen molar-refractivity contribution in [2.75, 3.05) is 5.32 Å². The number of rotatable bonds is 5. The van der Waals surface area contributed by atoms with Crippen LogP contribution in [0.2, 0.25) is 0 Å². The summed E-state index contributed by atoms with van der Waals surface area (Å²) in [6.45, 7) is 5.09. The van der Waals surface area contributed by atoms with Crippen LogP contribution >= 0.6 is 15.9 Å². The molecular formula is C16H16BrN3O4. The molecule has 0 unspecified atom stereocenters. The first-order valence-corrected chi connectivity index (χ1v) is 7.93. The van der Waals surface area contributed by atoms with Crippen LogP contribution < -0.4 is 10.1 Å². The molecule has 1 heterocycles. The number of halogens is 1. The number of carbonyl (C=O) groups is 1. The Morgan fingerprint density at radius 2 is 2.04 bits per heavy atom. The van der Waals surface area contributed by atoms with E-state index >= 15 is 0 Å². The van der Waals surface area contributed by atoms with Crippen molar-refractivity contribution in [3.63, 3.8) is 0 Å². The normalized spacial score (nSPS) is 11.7. The zero-order valence-corrected chi connectivity index (χ0v) is 15.0. The van der Waals surface area contributed by atoms with Crippen LogP contribution in [-0.2, 0) is 4.79 Å². The van der Waals surface area contributed by atoms with Crippen LogP contribution in [0.4, 0.5) is 11.5 Å². The smallest absolute Gasteiger partial charge is 0.406 e. The molecule has 7 nitrogen and oxygen atoms in total. The van der Waals surface area contributed by atoms with Gasteiger partial charge in [-0.3, -0.25) is 4.79 Å². The summed E-state index contributed by atoms with van der Waals surface area (Å²) in [4.78, 5) is 26.5. The van der Waals surface area contributed by atoms with E-state index in [1.54, 1.807) is 19.1 Å². The molecule has 1 N–H and O–H groups in total. The lowest BCUT2D eigenvalue weighted by atomic mass is 10.2. The molecule has 8 heteroatoms. The number of benzene rings is 1. The molecule has 0 aliphatic heterocycles. The van der Waals surface area contributed by atoms with Gasteiger partial charge >= 0.3 is 5.82 Å². The van der Waals surface area contributed by atoms with Gasteiger partial charge in [-0.2, -0.15) is 0 Å². The summed E-state index contributed by atoms with van der Waals surface area (Å²) in [5, 5.41) is 13.8. The number of hydrogen-bond acceptors (Lipinski definition) is 5. The van der Waals surface area contributed by atoms with E-state index in [1.165, 1.54) is 13.0 Å². The summed E-state index contributed by atoms with van der Waals surface area (Å²) in [5.41, 5.74) is 2.14. The highest BCUT2D eigenvalue weighted by atomic mass is 79.9. The van der Waals surface area contributed by atoms with Crippen molar-refractivity contribution in [2.45, 2.75) is 26.9 Å². The van der Waals surface area contributed by atoms with Crippen LogP contribution in [-0.4, -0.2) is 21.9 Å². The van der Waals surface area contributed by atoms with Crippen molar-refractivity contribution in [3.8, 4) is 5.75 Å². The van der Waals surface area contributed by atoms with E-state index in [9.17, 15) is 14.9 Å². The average Bonchev–Trinajstić information content (AvgIpc) is 2.51. The lowest BCUT2D eigenvalue weighted by Gasteiger charge is -2.15. The van der Waals surface area contributed by atoms with Gasteiger partial charge < -0.3 is 20.2 Å². The number of aryl methyl sites for hydroxylation is 2. The number of amides is 1. The van der Waals surface area contributed by atoms with Crippen LogP contribution in [0.3, 0.4) is 0 Å². The maximum Gasteiger partial charge on any atom is 0.406 e. The summed E-state index contributed by atoms with van der Waals surface area (Å²) >= 11 is 3.38. The molecule has 0 aliphatic rings. The van der Waals surface area contributed by atoms with E-state index in [2.05, 4.69) is 26.2 Å². The first kappa shape index (κ1) is 17.9. The highest BCUT2D eigenvalue weighted by Gasteiger charge is 2.23. The van der Waals surface area contributed by atoms with Crippen molar-refractivity contribution in [3.05, 3.63) is 56.2 Å². The fraction of sp³-hybridized carbons (Fsp3) is 0.250. The number of anilines is 1. The number of nitro groups is 1. The molecule has 0 saturated carbocycles. The van der Waals surface area contributed by atoms with Crippen LogP contribution in [0.1, 0.15) is 18.2 Å². The molecule has 126 valence electrons. The number of ether oxygens (including phenoxy) is 1. The number of pyridine rings is 1. The molecule has 0 spiro atoms. The van der Waals surface area contributed by atoms with Gasteiger partial charge in [-0.05, 0) is 69.5 Å². The quantitative estimate of drug-likeness (QED) is 0.615. The van der Waals surface area contributed by atoms with Gasteiger partial charge in [0.2, 0.25) is 5.75 Å². The first-order valence-electron chi connectivity index (χ1n) is 7.13. The van der Waals surface area contributed by atoms with Crippen LogP contribution in [0.15, 0.2) is 34.8 Å². The molecule has 2 rings (SSSR count). The maximum absolute atomic E-state index is 12.3. The van der Waals surface area contributed by atoms with E-state index in [1.807, 2.05) is 19.1 Å². The third-order valence-corrected chi connectivity index (χ3v) is 3.86. The number of nitrogens with one attached hydrogen (secondary N) is 1. The summed E-state index contributed by atoms with van der Waals surface area (Å²) in [5.74, 6) is -0.878. The van der Waals surface area contributed by atoms with Gasteiger partial charge in [0, 0.05) is 11.4 Å². The van der Waals surface area contributed by atoms with Gasteiger partial charge in [-0.1, -0.05) is 6.07 Å². The Kier molecular flexibility index (Phi) is 5.50. The number of carbonyl (C=O) groups excluding carboxylic acids is 1. The second-order valence-electron chi connectivity index (χ2n) is 5.26. The second kappa shape index (κ2) is 7.39. The molecule has 1 aromatic carbocycles. The Hall–Kier alpha value is -2.48. The number of aromatic nitrogens is 1. The van der Waals surface area contributed by atoms with Crippen molar-refractivity contribution in [1.29, 1.82) is 0 Å². The van der Waals surface area contributed by atoms with Gasteiger partial charge in [-0.25, -0.2) is 0 Å². The van der Waals surface area contributed by atoms with Gasteiger partial charge in [0.1, 0.15) is 5.69 Å². The van der Waals surface area contributed by atoms with Crippen molar-refractivity contribution in [2.24, 2.45) is 0 Å². The maximum atomic E-state index is 12.3. The molecule has 1 aromatic heterocycles. The lowest BCUT2D eigenvalue weighted by molar-refractivity contribution is -0.390. The van der Waals surface area contributed by atoms with E-state index in [4.69, 9.17) is 4.74 Å². The molecule has 2 aromatic rings. The van der Waals surface area contributed by atoms with E-state index < -0.39 is 22.8 Å². The van der Waals surface area contributed by atoms with E-state index in [-0.39, 0.29) is 5.75 Å². The molecule has 0 saturated heterocycles. The minimum atomic E-state index is -0.929. The Balaban J connectivity index is 2.13. The van der Waals surface area contributed by atoms with Crippen LogP contribution in [0.5, 0.6) is 5.75 Å². The molecular weight excluding hydrogens is 378 g/mol. The standard InChI is InChI=1S/C16H16BrN3O4/c1-9-4-6-13(12(17)8-9)19-16(21)11(3)24-14-7-5-10(2)18-15(14)20(22)23/h4-8,11H,1-3H3,(H,19,21)/t11-/m1/s1. The van der Waals surface area contributed by atoms with Crippen molar-refractivity contribution >= 4 is 33.3 Å². The molecule has 0 fully saturated rings. The Morgan fingerprint density at radius 3 is 2.67 bits per heavy atom. The monoisotopic (exact) mass is 393 g/mol. The molecule has 0 radical (unpaired) electrons. The Bertz CT molecular complexity index is 795. The third-order valence-electron chi connectivity index (χ3n) is 3.21. The van der Waals surface area contributed by atoms with Gasteiger partial charge in [-0.15, -0.1) is 0 Å². The highest BCUT2D eigenvalue weighted by molar-refractivity contribution is 9.10. The fourth-order valence-corrected chi connectivity index (χ4v) is 2.55. The van der Waals surface area contributed by atoms with E-state index in [0.717, 1.165) is 10.0 Å². The summed E-state index contributed by atoms with van der Waals surface area (Å²) in [6.07, 6.45) is -0.929. The van der Waals surface area contributed by atoms with Gasteiger partial charge in [0.25, 0.3) is 5.91 Å². The predicted octanol–water partition coefficient (Wildman–Crippen LogP) is 3.78. The Labute approximate surface area is 147 Å². The fourth-order valence-electron chi connectivity index (χ4n) is 1.95. The largest absolute Gasteiger partial charge is 0.473 e. The van der Waals surface area contributed by atoms with Crippen molar-refractivity contribution in [1.82, 2.24) is 4.98 Å². The van der Waals surface area contributed by atoms with Crippen molar-refractivity contribution < 1.29 is 14.5 Å². The zero-order chi connectivity index (χ0) is 17.9. The van der Waals surface area contributed by atoms with Gasteiger partial charge in [0.15, 0.2) is 6.10 Å². The Morgan fingerprint density at radius 1 is 1.33 bits per heavy atom. The molecule has 1 atom stereocenters. The number of nitrogens with zero attached hydrogens (tertiary/aromatic N) is 2. The highest BCUT2D eigenvalue weighted by Crippen LogP contribution is 2.27. The van der Waals surface area contributed by atoms with Crippen LogP contribution in [0.25, 0.3) is 0 Å². The molecule has 24 heavy (non-hydrogen) atoms. The molecule has 0 bridgehead atoms. The second-order valence-corrected chi connectivity index (χ2v) is 6.12. The SMILES string of the molecule is Cc1ccc(NC(=O)[C@@H](C)Oc2ccc(C)nc2[N+](=O)[O-])c(Br)c1. The van der Waals surface area contributed by atoms with E-state index in [0.29, 0.717) is 11.4 Å². The lowest BCUT2D eigenvalue weighted by Crippen LogP contribution is -2.30. The first-order chi connectivity index (χ1) is 11.3. The summed E-state index contributed by atoms with van der Waals surface area (Å²) < 4.78 is 6.17. The third kappa shape index (κ3) is 4.29. The minimum Gasteiger partial charge on any atom is -0.473 e. The minimum absolute atomic E-state index is 0.0452. The summed E-state index contributed by atoms with van der Waals surface area (Å²) in [6, 6.07) is 8.52. The molecule has 1 amide bonds. The van der Waals surface area contributed by atoms with Crippen LogP contribution in [0, 0.1) is 24.0 Å². The summed E-state index contributed by atoms with van der Waals surface area (Å²) in [7, 11) is 0. The zero-order valence-electron chi connectivity index (χ0n) is 13.4. The molecule has 0 aliphatic carbocycles. The average molecular weight is 394 g/mol. The van der Waals surface area contributed by atoms with Gasteiger partial charge in [0.05, 0.1) is 5.69 Å². The predicted molar refractivity (Wildman–Crippen MR) is 93.2 cm³/mol. The number of hydrogen-bond donors (Lipinski definition) is 1. The topological polar surface area (TPSA) is 94.4 Å².